The van der Waals surface area contributed by atoms with Gasteiger partial charge in [-0.1, -0.05) is 42.0 Å². The van der Waals surface area contributed by atoms with E-state index in [2.05, 4.69) is 42.1 Å². The lowest BCUT2D eigenvalue weighted by Gasteiger charge is -2.10. The van der Waals surface area contributed by atoms with Crippen LogP contribution in [0.4, 0.5) is 0 Å². The molecule has 5 heteroatoms. The number of para-hydroxylation sites is 1. The van der Waals surface area contributed by atoms with Crippen LogP contribution in [-0.2, 0) is 6.54 Å². The highest BCUT2D eigenvalue weighted by atomic mass is 16.1. The summed E-state index contributed by atoms with van der Waals surface area (Å²) in [4.78, 5) is 17.5. The minimum absolute atomic E-state index is 0.0734. The average Bonchev–Trinajstić information content (AvgIpc) is 3.05. The first-order valence-electron chi connectivity index (χ1n) is 8.60. The summed E-state index contributed by atoms with van der Waals surface area (Å²) in [6, 6.07) is 14.2. The average molecular weight is 344 g/mol. The first-order chi connectivity index (χ1) is 12.5. The molecule has 0 aliphatic heterocycles. The second-order valence-electron chi connectivity index (χ2n) is 6.69. The van der Waals surface area contributed by atoms with Crippen LogP contribution < -0.4 is 5.56 Å². The fraction of sp³-hybridized carbons (Fsp3) is 0.190. The predicted octanol–water partition coefficient (Wildman–Crippen LogP) is 3.56. The zero-order valence-electron chi connectivity index (χ0n) is 15.1. The maximum atomic E-state index is 12.9. The Morgan fingerprint density at radius 1 is 1.00 bits per heavy atom. The number of hydrogen-bond donors (Lipinski definition) is 0. The Hall–Kier alpha value is -3.21. The second kappa shape index (κ2) is 6.26. The number of aryl methyl sites for hydroxylation is 3. The number of hydrogen-bond acceptors (Lipinski definition) is 3. The lowest BCUT2D eigenvalue weighted by atomic mass is 10.1. The third kappa shape index (κ3) is 2.71. The van der Waals surface area contributed by atoms with Crippen LogP contribution in [0.1, 0.15) is 22.3 Å². The van der Waals surface area contributed by atoms with Crippen LogP contribution in [0.3, 0.4) is 0 Å². The summed E-state index contributed by atoms with van der Waals surface area (Å²) in [5.74, 6) is 0. The van der Waals surface area contributed by atoms with Crippen LogP contribution in [0.15, 0.2) is 59.8 Å². The predicted molar refractivity (Wildman–Crippen MR) is 103 cm³/mol. The first kappa shape index (κ1) is 16.3. The van der Waals surface area contributed by atoms with E-state index in [4.69, 9.17) is 0 Å². The minimum Gasteiger partial charge on any atom is -0.294 e. The molecule has 2 heterocycles. The Balaban J connectivity index is 1.81. The molecular weight excluding hydrogens is 324 g/mol. The summed E-state index contributed by atoms with van der Waals surface area (Å²) in [6.45, 7) is 6.64. The van der Waals surface area contributed by atoms with Gasteiger partial charge in [0.2, 0.25) is 0 Å². The van der Waals surface area contributed by atoms with E-state index in [1.54, 1.807) is 21.8 Å². The number of rotatable bonds is 3. The van der Waals surface area contributed by atoms with Crippen molar-refractivity contribution in [1.82, 2.24) is 19.3 Å². The van der Waals surface area contributed by atoms with Crippen LogP contribution in [0, 0.1) is 20.8 Å². The van der Waals surface area contributed by atoms with E-state index in [1.807, 2.05) is 31.2 Å². The van der Waals surface area contributed by atoms with E-state index in [9.17, 15) is 4.79 Å². The van der Waals surface area contributed by atoms with E-state index in [0.717, 1.165) is 16.8 Å². The zero-order chi connectivity index (χ0) is 18.3. The molecule has 26 heavy (non-hydrogen) atoms. The van der Waals surface area contributed by atoms with Gasteiger partial charge >= 0.3 is 0 Å². The van der Waals surface area contributed by atoms with Crippen LogP contribution in [0.25, 0.3) is 16.7 Å². The second-order valence-corrected chi connectivity index (χ2v) is 6.69. The van der Waals surface area contributed by atoms with Crippen molar-refractivity contribution in [3.8, 4) is 5.69 Å². The molecule has 0 aliphatic rings. The molecule has 130 valence electrons. The highest BCUT2D eigenvalue weighted by Crippen LogP contribution is 2.17. The van der Waals surface area contributed by atoms with Crippen molar-refractivity contribution in [2.45, 2.75) is 27.3 Å². The standard InChI is InChI=1S/C21H20N4O/c1-14-8-9-15(2)17(10-14)12-24-13-22-20-18(21(24)26)11-23-25(20)19-7-5-4-6-16(19)3/h4-11,13H,12H2,1-3H3. The molecule has 0 fully saturated rings. The summed E-state index contributed by atoms with van der Waals surface area (Å²) < 4.78 is 3.38. The maximum Gasteiger partial charge on any atom is 0.264 e. The van der Waals surface area contributed by atoms with Crippen molar-refractivity contribution in [3.63, 3.8) is 0 Å². The monoisotopic (exact) mass is 344 g/mol. The summed E-state index contributed by atoms with van der Waals surface area (Å²) in [5, 5.41) is 4.94. The third-order valence-electron chi connectivity index (χ3n) is 4.74. The highest BCUT2D eigenvalue weighted by molar-refractivity contribution is 5.75. The van der Waals surface area contributed by atoms with Gasteiger partial charge in [0.05, 0.1) is 18.4 Å². The van der Waals surface area contributed by atoms with E-state index in [-0.39, 0.29) is 5.56 Å². The van der Waals surface area contributed by atoms with E-state index in [0.29, 0.717) is 17.6 Å². The van der Waals surface area contributed by atoms with Crippen molar-refractivity contribution in [3.05, 3.63) is 87.6 Å². The van der Waals surface area contributed by atoms with E-state index < -0.39 is 0 Å². The summed E-state index contributed by atoms with van der Waals surface area (Å²) >= 11 is 0. The SMILES string of the molecule is Cc1ccc(C)c(Cn2cnc3c(cnn3-c3ccccc3C)c2=O)c1. The van der Waals surface area contributed by atoms with Gasteiger partial charge < -0.3 is 0 Å². The fourth-order valence-electron chi connectivity index (χ4n) is 3.19. The number of benzene rings is 2. The Morgan fingerprint density at radius 3 is 2.62 bits per heavy atom. The van der Waals surface area contributed by atoms with Crippen LogP contribution in [-0.4, -0.2) is 19.3 Å². The molecule has 0 atom stereocenters. The molecule has 0 unspecified atom stereocenters. The number of fused-ring (bicyclic) bond motifs is 1. The lowest BCUT2D eigenvalue weighted by molar-refractivity contribution is 0.741. The Labute approximate surface area is 151 Å². The first-order valence-corrected chi connectivity index (χ1v) is 8.60. The molecule has 0 radical (unpaired) electrons. The lowest BCUT2D eigenvalue weighted by Crippen LogP contribution is -2.21. The normalized spacial score (nSPS) is 11.2. The summed E-state index contributed by atoms with van der Waals surface area (Å²) in [7, 11) is 0. The van der Waals surface area contributed by atoms with Gasteiger partial charge in [-0.2, -0.15) is 5.10 Å². The maximum absolute atomic E-state index is 12.9. The van der Waals surface area contributed by atoms with Crippen molar-refractivity contribution in [1.29, 1.82) is 0 Å². The van der Waals surface area contributed by atoms with Crippen LogP contribution in [0.2, 0.25) is 0 Å². The molecule has 2 aromatic heterocycles. The van der Waals surface area contributed by atoms with Gasteiger partial charge in [-0.3, -0.25) is 9.36 Å². The van der Waals surface area contributed by atoms with Crippen molar-refractivity contribution >= 4 is 11.0 Å². The molecule has 5 nitrogen and oxygen atoms in total. The Kier molecular flexibility index (Phi) is 3.92. The van der Waals surface area contributed by atoms with Crippen molar-refractivity contribution < 1.29 is 0 Å². The topological polar surface area (TPSA) is 52.7 Å². The molecule has 0 saturated heterocycles. The molecule has 0 N–H and O–H groups in total. The Morgan fingerprint density at radius 2 is 1.81 bits per heavy atom. The molecule has 0 spiro atoms. The van der Waals surface area contributed by atoms with E-state index in [1.165, 1.54) is 11.1 Å². The summed E-state index contributed by atoms with van der Waals surface area (Å²) in [6.07, 6.45) is 3.22. The van der Waals surface area contributed by atoms with Gasteiger partial charge in [-0.15, -0.1) is 0 Å². The molecule has 0 bridgehead atoms. The largest absolute Gasteiger partial charge is 0.294 e. The van der Waals surface area contributed by atoms with Crippen LogP contribution in [0.5, 0.6) is 0 Å². The quantitative estimate of drug-likeness (QED) is 0.571. The fourth-order valence-corrected chi connectivity index (χ4v) is 3.19. The van der Waals surface area contributed by atoms with Gasteiger partial charge in [0, 0.05) is 0 Å². The molecular formula is C21H20N4O. The van der Waals surface area contributed by atoms with Gasteiger partial charge in [0.1, 0.15) is 11.7 Å². The zero-order valence-corrected chi connectivity index (χ0v) is 15.1. The van der Waals surface area contributed by atoms with E-state index >= 15 is 0 Å². The van der Waals surface area contributed by atoms with Crippen molar-refractivity contribution in [2.75, 3.05) is 0 Å². The third-order valence-corrected chi connectivity index (χ3v) is 4.74. The smallest absolute Gasteiger partial charge is 0.264 e. The number of nitrogens with zero attached hydrogens (tertiary/aromatic N) is 4. The van der Waals surface area contributed by atoms with Crippen LogP contribution >= 0.6 is 0 Å². The van der Waals surface area contributed by atoms with Gasteiger partial charge in [0.15, 0.2) is 5.65 Å². The molecule has 2 aromatic carbocycles. The molecule has 4 rings (SSSR count). The van der Waals surface area contributed by atoms with Crippen molar-refractivity contribution in [2.24, 2.45) is 0 Å². The molecule has 0 amide bonds. The van der Waals surface area contributed by atoms with Gasteiger partial charge in [0.25, 0.3) is 5.56 Å². The minimum atomic E-state index is -0.0734. The molecule has 4 aromatic rings. The van der Waals surface area contributed by atoms with Gasteiger partial charge in [-0.05, 0) is 43.5 Å². The molecule has 0 saturated carbocycles. The Bertz CT molecular complexity index is 1170. The molecule has 0 aliphatic carbocycles. The number of aromatic nitrogens is 4. The summed E-state index contributed by atoms with van der Waals surface area (Å²) in [5.41, 5.74) is 6.00. The van der Waals surface area contributed by atoms with Gasteiger partial charge in [-0.25, -0.2) is 9.67 Å². The highest BCUT2D eigenvalue weighted by Gasteiger charge is 2.13.